The number of piperidine rings is 1. The van der Waals surface area contributed by atoms with Crippen LogP contribution < -0.4 is 10.2 Å². The fourth-order valence-corrected chi connectivity index (χ4v) is 3.42. The Kier molecular flexibility index (Phi) is 4.53. The molecule has 27 heavy (non-hydrogen) atoms. The predicted molar refractivity (Wildman–Crippen MR) is 105 cm³/mol. The van der Waals surface area contributed by atoms with Crippen molar-refractivity contribution in [1.29, 1.82) is 0 Å². The van der Waals surface area contributed by atoms with Crippen LogP contribution in [0.25, 0.3) is 16.9 Å². The Morgan fingerprint density at radius 2 is 1.93 bits per heavy atom. The Hall–Kier alpha value is -2.93. The molecule has 7 nitrogen and oxygen atoms in total. The average Bonchev–Trinajstić information content (AvgIpc) is 3.24. The third-order valence-electron chi connectivity index (χ3n) is 5.47. The van der Waals surface area contributed by atoms with Crippen LogP contribution in [-0.2, 0) is 0 Å². The highest BCUT2D eigenvalue weighted by Crippen LogP contribution is 2.30. The van der Waals surface area contributed by atoms with E-state index in [2.05, 4.69) is 32.4 Å². The Morgan fingerprint density at radius 1 is 1.11 bits per heavy atom. The summed E-state index contributed by atoms with van der Waals surface area (Å²) in [5.74, 6) is 1.04. The van der Waals surface area contributed by atoms with Gasteiger partial charge in [0.05, 0.1) is 11.4 Å². The summed E-state index contributed by atoms with van der Waals surface area (Å²) in [7, 11) is 2.02. The molecule has 0 spiro atoms. The van der Waals surface area contributed by atoms with E-state index < -0.39 is 0 Å². The number of benzene rings is 1. The highest BCUT2D eigenvalue weighted by molar-refractivity contribution is 5.69. The summed E-state index contributed by atoms with van der Waals surface area (Å²) in [4.78, 5) is 2.26. The van der Waals surface area contributed by atoms with Crippen molar-refractivity contribution in [2.45, 2.75) is 25.3 Å². The lowest BCUT2D eigenvalue weighted by molar-refractivity contribution is 0.304. The molecular formula is C20H24N6O. The Labute approximate surface area is 158 Å². The second kappa shape index (κ2) is 7.00. The van der Waals surface area contributed by atoms with Crippen LogP contribution >= 0.6 is 0 Å². The van der Waals surface area contributed by atoms with Crippen LogP contribution in [0.15, 0.2) is 48.8 Å². The maximum absolute atomic E-state index is 10.4. The van der Waals surface area contributed by atoms with Crippen molar-refractivity contribution in [3.05, 3.63) is 48.8 Å². The van der Waals surface area contributed by atoms with Crippen LogP contribution in [0.1, 0.15) is 19.8 Å². The van der Waals surface area contributed by atoms with Gasteiger partial charge in [-0.3, -0.25) is 0 Å². The van der Waals surface area contributed by atoms with E-state index in [0.29, 0.717) is 11.3 Å². The topological polar surface area (TPSA) is 79.1 Å². The van der Waals surface area contributed by atoms with Gasteiger partial charge in [0, 0.05) is 42.7 Å². The van der Waals surface area contributed by atoms with Crippen molar-refractivity contribution in [2.75, 3.05) is 25.0 Å². The average molecular weight is 364 g/mol. The first-order chi connectivity index (χ1) is 13.1. The molecule has 1 saturated heterocycles. The molecule has 3 aromatic rings. The Morgan fingerprint density at radius 3 is 2.52 bits per heavy atom. The van der Waals surface area contributed by atoms with E-state index >= 15 is 0 Å². The number of aromatic nitrogens is 4. The first-order valence-electron chi connectivity index (χ1n) is 9.19. The first-order valence-corrected chi connectivity index (χ1v) is 9.19. The second-order valence-corrected chi connectivity index (χ2v) is 7.23. The van der Waals surface area contributed by atoms with Gasteiger partial charge in [-0.1, -0.05) is 0 Å². The quantitative estimate of drug-likeness (QED) is 0.741. The zero-order valence-corrected chi connectivity index (χ0v) is 15.6. The van der Waals surface area contributed by atoms with E-state index in [4.69, 9.17) is 0 Å². The number of hydrogen-bond donors (Lipinski definition) is 2. The summed E-state index contributed by atoms with van der Waals surface area (Å²) in [6.07, 6.45) is 5.68. The van der Waals surface area contributed by atoms with Gasteiger partial charge in [0.25, 0.3) is 0 Å². The SMILES string of the molecule is CNC1(C)CCN(c2ccc(-c3ccc(-n4cccn4)cc3O)nn2)CC1. The molecule has 3 heterocycles. The molecule has 0 radical (unpaired) electrons. The van der Waals surface area contributed by atoms with Crippen molar-refractivity contribution in [1.82, 2.24) is 25.3 Å². The molecule has 7 heteroatoms. The monoisotopic (exact) mass is 364 g/mol. The predicted octanol–water partition coefficient (Wildman–Crippen LogP) is 2.61. The van der Waals surface area contributed by atoms with Crippen LogP contribution in [0.5, 0.6) is 5.75 Å². The number of aromatic hydroxyl groups is 1. The lowest BCUT2D eigenvalue weighted by atomic mass is 9.90. The number of anilines is 1. The molecule has 0 unspecified atom stereocenters. The minimum atomic E-state index is 0.160. The lowest BCUT2D eigenvalue weighted by Gasteiger charge is -2.39. The summed E-state index contributed by atoms with van der Waals surface area (Å²) in [6, 6.07) is 11.2. The third-order valence-corrected chi connectivity index (χ3v) is 5.47. The zero-order valence-electron chi connectivity index (χ0n) is 15.6. The van der Waals surface area contributed by atoms with E-state index in [1.165, 1.54) is 0 Å². The highest BCUT2D eigenvalue weighted by atomic mass is 16.3. The summed E-state index contributed by atoms with van der Waals surface area (Å²) < 4.78 is 1.70. The molecule has 2 N–H and O–H groups in total. The van der Waals surface area contributed by atoms with E-state index in [1.54, 1.807) is 16.9 Å². The van der Waals surface area contributed by atoms with Crippen molar-refractivity contribution >= 4 is 5.82 Å². The number of phenols is 1. The molecule has 0 amide bonds. The molecule has 0 atom stereocenters. The van der Waals surface area contributed by atoms with Crippen LogP contribution in [0.3, 0.4) is 0 Å². The number of nitrogens with zero attached hydrogens (tertiary/aromatic N) is 5. The van der Waals surface area contributed by atoms with Gasteiger partial charge < -0.3 is 15.3 Å². The molecule has 0 aliphatic carbocycles. The minimum Gasteiger partial charge on any atom is -0.507 e. The fourth-order valence-electron chi connectivity index (χ4n) is 3.42. The van der Waals surface area contributed by atoms with Gasteiger partial charge in [0.1, 0.15) is 5.75 Å². The van der Waals surface area contributed by atoms with Crippen LogP contribution in [0, 0.1) is 0 Å². The summed E-state index contributed by atoms with van der Waals surface area (Å²) >= 11 is 0. The van der Waals surface area contributed by atoms with E-state index in [1.807, 2.05) is 43.6 Å². The standard InChI is InChI=1S/C20H24N6O/c1-20(21-2)8-12-25(13-9-20)19-7-6-17(23-24-19)16-5-4-15(14-18(16)27)26-11-3-10-22-26/h3-7,10-11,14,21,27H,8-9,12-13H2,1-2H3. The van der Waals surface area contributed by atoms with Crippen LogP contribution in [0.2, 0.25) is 0 Å². The van der Waals surface area contributed by atoms with E-state index in [9.17, 15) is 5.11 Å². The van der Waals surface area contributed by atoms with E-state index in [-0.39, 0.29) is 11.3 Å². The van der Waals surface area contributed by atoms with Crippen LogP contribution in [0.4, 0.5) is 5.82 Å². The number of rotatable bonds is 4. The molecule has 4 rings (SSSR count). The van der Waals surface area contributed by atoms with Gasteiger partial charge in [0.15, 0.2) is 5.82 Å². The highest BCUT2D eigenvalue weighted by Gasteiger charge is 2.28. The smallest absolute Gasteiger partial charge is 0.151 e. The molecule has 0 bridgehead atoms. The molecule has 1 fully saturated rings. The minimum absolute atomic E-state index is 0.160. The Balaban J connectivity index is 1.51. The second-order valence-electron chi connectivity index (χ2n) is 7.23. The van der Waals surface area contributed by atoms with Gasteiger partial charge >= 0.3 is 0 Å². The van der Waals surface area contributed by atoms with Crippen molar-refractivity contribution in [3.63, 3.8) is 0 Å². The van der Waals surface area contributed by atoms with Crippen LogP contribution in [-0.4, -0.2) is 50.8 Å². The summed E-state index contributed by atoms with van der Waals surface area (Å²) in [6.45, 7) is 4.17. The van der Waals surface area contributed by atoms with Gasteiger partial charge in [-0.15, -0.1) is 10.2 Å². The number of phenolic OH excluding ortho intramolecular Hbond substituents is 1. The van der Waals surface area contributed by atoms with Crippen molar-refractivity contribution in [3.8, 4) is 22.7 Å². The lowest BCUT2D eigenvalue weighted by Crippen LogP contribution is -2.50. The zero-order chi connectivity index (χ0) is 18.9. The van der Waals surface area contributed by atoms with Gasteiger partial charge in [-0.2, -0.15) is 5.10 Å². The number of hydrogen-bond acceptors (Lipinski definition) is 6. The molecule has 1 aliphatic heterocycles. The van der Waals surface area contributed by atoms with Gasteiger partial charge in [-0.25, -0.2) is 4.68 Å². The maximum atomic E-state index is 10.4. The third kappa shape index (κ3) is 3.50. The summed E-state index contributed by atoms with van der Waals surface area (Å²) in [5, 5.41) is 26.7. The largest absolute Gasteiger partial charge is 0.507 e. The first kappa shape index (κ1) is 17.5. The fraction of sp³-hybridized carbons (Fsp3) is 0.350. The van der Waals surface area contributed by atoms with Gasteiger partial charge in [0.2, 0.25) is 0 Å². The molecule has 1 aliphatic rings. The molecule has 2 aromatic heterocycles. The summed E-state index contributed by atoms with van der Waals surface area (Å²) in [5.41, 5.74) is 2.31. The van der Waals surface area contributed by atoms with Crippen molar-refractivity contribution in [2.24, 2.45) is 0 Å². The number of nitrogens with one attached hydrogen (secondary N) is 1. The van der Waals surface area contributed by atoms with Gasteiger partial charge in [-0.05, 0) is 57.1 Å². The van der Waals surface area contributed by atoms with E-state index in [0.717, 1.165) is 37.4 Å². The maximum Gasteiger partial charge on any atom is 0.151 e. The van der Waals surface area contributed by atoms with Crippen molar-refractivity contribution < 1.29 is 5.11 Å². The molecule has 0 saturated carbocycles. The normalized spacial score (nSPS) is 16.4. The molecule has 140 valence electrons. The molecular weight excluding hydrogens is 340 g/mol. The molecule has 1 aromatic carbocycles. The Bertz CT molecular complexity index is 899.